The fourth-order valence-corrected chi connectivity index (χ4v) is 7.41. The number of nitrogens with zero attached hydrogens (tertiary/aromatic N) is 6. The Kier molecular flexibility index (Phi) is 6.76. The van der Waals surface area contributed by atoms with E-state index in [1.54, 1.807) is 0 Å². The molecule has 0 saturated carbocycles. The van der Waals surface area contributed by atoms with Crippen LogP contribution in [0.5, 0.6) is 0 Å². The van der Waals surface area contributed by atoms with E-state index in [1.807, 2.05) is 78.9 Å². The van der Waals surface area contributed by atoms with Crippen LogP contribution < -0.4 is 0 Å². The molecule has 3 heterocycles. The van der Waals surface area contributed by atoms with E-state index >= 15 is 0 Å². The fourth-order valence-electron chi connectivity index (χ4n) is 7.41. The van der Waals surface area contributed by atoms with Gasteiger partial charge in [0, 0.05) is 38.4 Å². The highest BCUT2D eigenvalue weighted by Crippen LogP contribution is 2.37. The van der Waals surface area contributed by atoms with Crippen molar-refractivity contribution in [3.63, 3.8) is 0 Å². The van der Waals surface area contributed by atoms with Crippen molar-refractivity contribution in [1.29, 1.82) is 5.26 Å². The molecule has 0 unspecified atom stereocenters. The summed E-state index contributed by atoms with van der Waals surface area (Å²) < 4.78 is 4.45. The topological polar surface area (TPSA) is 72.3 Å². The molecule has 0 fully saturated rings. The minimum absolute atomic E-state index is 0.508. The average Bonchev–Trinajstić information content (AvgIpc) is 3.73. The second-order valence-electron chi connectivity index (χ2n) is 12.8. The normalized spacial score (nSPS) is 11.4. The molecule has 6 heteroatoms. The summed E-state index contributed by atoms with van der Waals surface area (Å²) in [5, 5.41) is 14.3. The number of hydrogen-bond acceptors (Lipinski definition) is 4. The maximum Gasteiger partial charge on any atom is 0.238 e. The summed E-state index contributed by atoms with van der Waals surface area (Å²) in [5.41, 5.74) is 9.82. The van der Waals surface area contributed by atoms with Crippen LogP contribution in [0.15, 0.2) is 170 Å². The van der Waals surface area contributed by atoms with E-state index in [2.05, 4.69) is 106 Å². The molecular weight excluding hydrogens is 637 g/mol. The summed E-state index contributed by atoms with van der Waals surface area (Å²) in [6.07, 6.45) is 0. The van der Waals surface area contributed by atoms with Crippen molar-refractivity contribution in [3.05, 3.63) is 175 Å². The van der Waals surface area contributed by atoms with Crippen molar-refractivity contribution >= 4 is 43.6 Å². The van der Waals surface area contributed by atoms with Gasteiger partial charge in [-0.1, -0.05) is 121 Å². The van der Waals surface area contributed by atoms with Crippen LogP contribution in [0.2, 0.25) is 0 Å². The molecule has 0 atom stereocenters. The van der Waals surface area contributed by atoms with Crippen LogP contribution in [-0.4, -0.2) is 24.1 Å². The van der Waals surface area contributed by atoms with Crippen LogP contribution in [-0.2, 0) is 0 Å². The summed E-state index contributed by atoms with van der Waals surface area (Å²) >= 11 is 0. The van der Waals surface area contributed by atoms with Crippen molar-refractivity contribution in [2.75, 3.05) is 0 Å². The molecule has 10 rings (SSSR count). The molecule has 0 amide bonds. The Morgan fingerprint density at radius 3 is 1.60 bits per heavy atom. The SMILES string of the molecule is N#Cc1ccc2c(c1)c1ccc(-c3cccc(-n4c5ccccc5c5ccccc54)c3)cc1n2-c1nc(-c2ccccc2)nc(-c2ccccc2)n1. The number of hydrogen-bond donors (Lipinski definition) is 0. The first-order chi connectivity index (χ1) is 25.7. The molecule has 0 saturated heterocycles. The van der Waals surface area contributed by atoms with E-state index in [4.69, 9.17) is 15.0 Å². The van der Waals surface area contributed by atoms with Crippen molar-refractivity contribution in [2.45, 2.75) is 0 Å². The van der Waals surface area contributed by atoms with E-state index in [1.165, 1.54) is 21.8 Å². The van der Waals surface area contributed by atoms with Gasteiger partial charge in [-0.2, -0.15) is 15.2 Å². The number of para-hydroxylation sites is 2. The summed E-state index contributed by atoms with van der Waals surface area (Å²) in [4.78, 5) is 15.1. The van der Waals surface area contributed by atoms with E-state index in [9.17, 15) is 5.26 Å². The standard InChI is InChI=1S/C46H28N6/c47-29-30-22-25-42-39(26-30)38-24-23-34(33-16-11-17-35(27-33)51-40-20-9-7-18-36(40)37-19-8-10-21-41(37)51)28-43(38)52(42)46-49-44(31-12-3-1-4-13-31)48-45(50-46)32-14-5-2-6-15-32/h1-28H. The maximum atomic E-state index is 9.86. The summed E-state index contributed by atoms with van der Waals surface area (Å²) in [6, 6.07) is 60.5. The van der Waals surface area contributed by atoms with Crippen LogP contribution in [0.1, 0.15) is 5.56 Å². The molecule has 52 heavy (non-hydrogen) atoms. The zero-order valence-corrected chi connectivity index (χ0v) is 27.8. The Bertz CT molecular complexity index is 2910. The predicted molar refractivity (Wildman–Crippen MR) is 210 cm³/mol. The lowest BCUT2D eigenvalue weighted by molar-refractivity contribution is 0.953. The third kappa shape index (κ3) is 4.76. The third-order valence-electron chi connectivity index (χ3n) is 9.80. The van der Waals surface area contributed by atoms with Gasteiger partial charge in [-0.25, -0.2) is 4.98 Å². The summed E-state index contributed by atoms with van der Waals surface area (Å²) in [7, 11) is 0. The Labute approximate surface area is 299 Å². The maximum absolute atomic E-state index is 9.86. The monoisotopic (exact) mass is 664 g/mol. The molecule has 0 aliphatic carbocycles. The lowest BCUT2D eigenvalue weighted by Crippen LogP contribution is -2.06. The molecule has 6 nitrogen and oxygen atoms in total. The minimum atomic E-state index is 0.508. The van der Waals surface area contributed by atoms with Crippen molar-refractivity contribution < 1.29 is 0 Å². The smallest absolute Gasteiger partial charge is 0.238 e. The molecule has 7 aromatic carbocycles. The van der Waals surface area contributed by atoms with E-state index in [0.29, 0.717) is 23.2 Å². The van der Waals surface area contributed by atoms with Gasteiger partial charge in [0.15, 0.2) is 11.6 Å². The first-order valence-electron chi connectivity index (χ1n) is 17.2. The first-order valence-corrected chi connectivity index (χ1v) is 17.2. The number of nitriles is 1. The molecular formula is C46H28N6. The number of aromatic nitrogens is 5. The van der Waals surface area contributed by atoms with Gasteiger partial charge in [0.05, 0.1) is 33.7 Å². The van der Waals surface area contributed by atoms with E-state index in [-0.39, 0.29) is 0 Å². The van der Waals surface area contributed by atoms with Crippen molar-refractivity contribution in [1.82, 2.24) is 24.1 Å². The fraction of sp³-hybridized carbons (Fsp3) is 0. The van der Waals surface area contributed by atoms with Crippen LogP contribution in [0.4, 0.5) is 0 Å². The number of rotatable bonds is 5. The Morgan fingerprint density at radius 1 is 0.385 bits per heavy atom. The predicted octanol–water partition coefficient (Wildman–Crippen LogP) is 10.9. The third-order valence-corrected chi connectivity index (χ3v) is 9.80. The second-order valence-corrected chi connectivity index (χ2v) is 12.8. The average molecular weight is 665 g/mol. The van der Waals surface area contributed by atoms with Crippen LogP contribution in [0.25, 0.3) is 89.2 Å². The summed E-state index contributed by atoms with van der Waals surface area (Å²) in [5.74, 6) is 1.68. The molecule has 0 spiro atoms. The highest BCUT2D eigenvalue weighted by atomic mass is 15.2. The summed E-state index contributed by atoms with van der Waals surface area (Å²) in [6.45, 7) is 0. The first kappa shape index (κ1) is 29.5. The molecule has 0 bridgehead atoms. The van der Waals surface area contributed by atoms with Crippen molar-refractivity contribution in [2.24, 2.45) is 0 Å². The molecule has 0 aliphatic heterocycles. The van der Waals surface area contributed by atoms with Gasteiger partial charge < -0.3 is 4.57 Å². The lowest BCUT2D eigenvalue weighted by atomic mass is 10.0. The van der Waals surface area contributed by atoms with Gasteiger partial charge >= 0.3 is 0 Å². The minimum Gasteiger partial charge on any atom is -0.309 e. The molecule has 10 aromatic rings. The molecule has 242 valence electrons. The molecule has 0 aliphatic rings. The number of benzene rings is 7. The van der Waals surface area contributed by atoms with Crippen LogP contribution in [0.3, 0.4) is 0 Å². The Morgan fingerprint density at radius 2 is 0.942 bits per heavy atom. The van der Waals surface area contributed by atoms with E-state index in [0.717, 1.165) is 49.7 Å². The van der Waals surface area contributed by atoms with Gasteiger partial charge in [-0.3, -0.25) is 4.57 Å². The van der Waals surface area contributed by atoms with Gasteiger partial charge in [0.2, 0.25) is 5.95 Å². The van der Waals surface area contributed by atoms with Gasteiger partial charge in [0.1, 0.15) is 0 Å². The van der Waals surface area contributed by atoms with Crippen molar-refractivity contribution in [3.8, 4) is 51.6 Å². The quantitative estimate of drug-likeness (QED) is 0.184. The zero-order chi connectivity index (χ0) is 34.6. The Hall–Kier alpha value is -7.36. The Balaban J connectivity index is 1.21. The van der Waals surface area contributed by atoms with Gasteiger partial charge in [-0.15, -0.1) is 0 Å². The van der Waals surface area contributed by atoms with Gasteiger partial charge in [-0.05, 0) is 59.7 Å². The van der Waals surface area contributed by atoms with Gasteiger partial charge in [0.25, 0.3) is 0 Å². The second kappa shape index (κ2) is 11.9. The zero-order valence-electron chi connectivity index (χ0n) is 27.8. The highest BCUT2D eigenvalue weighted by molar-refractivity contribution is 6.11. The molecule has 3 aromatic heterocycles. The van der Waals surface area contributed by atoms with Crippen LogP contribution >= 0.6 is 0 Å². The highest BCUT2D eigenvalue weighted by Gasteiger charge is 2.19. The lowest BCUT2D eigenvalue weighted by Gasteiger charge is -2.12. The van der Waals surface area contributed by atoms with E-state index < -0.39 is 0 Å². The molecule has 0 N–H and O–H groups in total. The van der Waals surface area contributed by atoms with Crippen LogP contribution in [0, 0.1) is 11.3 Å². The largest absolute Gasteiger partial charge is 0.309 e. The molecule has 0 radical (unpaired) electrons. The number of fused-ring (bicyclic) bond motifs is 6.